The number of hydrogen-bond donors (Lipinski definition) is 1. The summed E-state index contributed by atoms with van der Waals surface area (Å²) in [6.45, 7) is 6.45. The SMILES string of the molecule is Cn1c(SCC(=O)Nc2ccc(C(C)(C)C)cc2)nc2ccccc2c1=O. The molecule has 140 valence electrons. The second-order valence-corrected chi connectivity index (χ2v) is 8.38. The molecule has 1 heterocycles. The van der Waals surface area contributed by atoms with Gasteiger partial charge in [0.15, 0.2) is 5.16 Å². The molecule has 3 aromatic rings. The molecule has 27 heavy (non-hydrogen) atoms. The number of carbonyl (C=O) groups excluding carboxylic acids is 1. The number of nitrogens with one attached hydrogen (secondary N) is 1. The molecule has 0 aliphatic heterocycles. The quantitative estimate of drug-likeness (QED) is 0.549. The maximum absolute atomic E-state index is 12.4. The highest BCUT2D eigenvalue weighted by Crippen LogP contribution is 2.24. The maximum Gasteiger partial charge on any atom is 0.261 e. The van der Waals surface area contributed by atoms with Gasteiger partial charge >= 0.3 is 0 Å². The standard InChI is InChI=1S/C21H23N3O2S/c1-21(2,3)14-9-11-15(12-10-14)22-18(25)13-27-20-23-17-8-6-5-7-16(17)19(26)24(20)4/h5-12H,13H2,1-4H3,(H,22,25). The number of rotatable bonds is 4. The number of amides is 1. The number of anilines is 1. The molecule has 6 heteroatoms. The molecule has 0 saturated carbocycles. The van der Waals surface area contributed by atoms with Crippen LogP contribution in [0.25, 0.3) is 10.9 Å². The fourth-order valence-electron chi connectivity index (χ4n) is 2.71. The average molecular weight is 382 g/mol. The number of nitrogens with zero attached hydrogens (tertiary/aromatic N) is 2. The van der Waals surface area contributed by atoms with Crippen LogP contribution in [0.15, 0.2) is 58.5 Å². The van der Waals surface area contributed by atoms with Crippen LogP contribution >= 0.6 is 11.8 Å². The summed E-state index contributed by atoms with van der Waals surface area (Å²) in [6, 6.07) is 15.1. The zero-order valence-corrected chi connectivity index (χ0v) is 16.8. The Kier molecular flexibility index (Phi) is 5.37. The molecule has 1 aromatic heterocycles. The fraction of sp³-hybridized carbons (Fsp3) is 0.286. The van der Waals surface area contributed by atoms with Crippen molar-refractivity contribution < 1.29 is 4.79 Å². The number of carbonyl (C=O) groups is 1. The van der Waals surface area contributed by atoms with Crippen LogP contribution in [0.4, 0.5) is 5.69 Å². The molecule has 0 saturated heterocycles. The van der Waals surface area contributed by atoms with Crippen LogP contribution in [0, 0.1) is 0 Å². The Balaban J connectivity index is 1.68. The van der Waals surface area contributed by atoms with Crippen molar-refractivity contribution >= 4 is 34.3 Å². The number of thioether (sulfide) groups is 1. The van der Waals surface area contributed by atoms with E-state index in [1.807, 2.05) is 36.4 Å². The molecule has 1 amide bonds. The number of para-hydroxylation sites is 1. The Morgan fingerprint density at radius 3 is 2.44 bits per heavy atom. The van der Waals surface area contributed by atoms with Gasteiger partial charge in [-0.25, -0.2) is 4.98 Å². The van der Waals surface area contributed by atoms with E-state index in [2.05, 4.69) is 31.1 Å². The summed E-state index contributed by atoms with van der Waals surface area (Å²) in [6.07, 6.45) is 0. The molecule has 1 N–H and O–H groups in total. The van der Waals surface area contributed by atoms with Gasteiger partial charge in [-0.1, -0.05) is 56.8 Å². The van der Waals surface area contributed by atoms with E-state index in [4.69, 9.17) is 0 Å². The zero-order chi connectivity index (χ0) is 19.6. The fourth-order valence-corrected chi connectivity index (χ4v) is 3.48. The summed E-state index contributed by atoms with van der Waals surface area (Å²) in [5.41, 5.74) is 2.58. The van der Waals surface area contributed by atoms with E-state index >= 15 is 0 Å². The van der Waals surface area contributed by atoms with Gasteiger partial charge in [-0.05, 0) is 35.2 Å². The predicted octanol–water partition coefficient (Wildman–Crippen LogP) is 3.96. The number of hydrogen-bond acceptors (Lipinski definition) is 4. The zero-order valence-electron chi connectivity index (χ0n) is 15.9. The molecule has 0 aliphatic carbocycles. The van der Waals surface area contributed by atoms with Gasteiger partial charge in [0, 0.05) is 12.7 Å². The smallest absolute Gasteiger partial charge is 0.261 e. The minimum atomic E-state index is -0.133. The van der Waals surface area contributed by atoms with Crippen LogP contribution in [0.1, 0.15) is 26.3 Å². The van der Waals surface area contributed by atoms with E-state index in [0.29, 0.717) is 16.1 Å². The Bertz CT molecular complexity index is 1030. The number of aromatic nitrogens is 2. The van der Waals surface area contributed by atoms with E-state index in [1.54, 1.807) is 19.2 Å². The van der Waals surface area contributed by atoms with E-state index in [9.17, 15) is 9.59 Å². The molecule has 3 rings (SSSR count). The van der Waals surface area contributed by atoms with Crippen molar-refractivity contribution in [3.8, 4) is 0 Å². The monoisotopic (exact) mass is 381 g/mol. The van der Waals surface area contributed by atoms with Crippen LogP contribution in [-0.4, -0.2) is 21.2 Å². The summed E-state index contributed by atoms with van der Waals surface area (Å²) in [5.74, 6) is 0.0468. The lowest BCUT2D eigenvalue weighted by Gasteiger charge is -2.19. The summed E-state index contributed by atoms with van der Waals surface area (Å²) in [7, 11) is 1.67. The minimum Gasteiger partial charge on any atom is -0.325 e. The predicted molar refractivity (Wildman–Crippen MR) is 111 cm³/mol. The third-order valence-corrected chi connectivity index (χ3v) is 5.34. The lowest BCUT2D eigenvalue weighted by atomic mass is 9.87. The second-order valence-electron chi connectivity index (χ2n) is 7.44. The van der Waals surface area contributed by atoms with Gasteiger partial charge in [0.1, 0.15) is 0 Å². The van der Waals surface area contributed by atoms with Gasteiger partial charge in [-0.15, -0.1) is 0 Å². The Hall–Kier alpha value is -2.60. The number of benzene rings is 2. The minimum absolute atomic E-state index is 0.0743. The Labute approximate surface area is 162 Å². The van der Waals surface area contributed by atoms with Gasteiger partial charge < -0.3 is 5.32 Å². The molecule has 0 unspecified atom stereocenters. The van der Waals surface area contributed by atoms with Crippen LogP contribution in [0.2, 0.25) is 0 Å². The maximum atomic E-state index is 12.4. The van der Waals surface area contributed by atoms with E-state index < -0.39 is 0 Å². The van der Waals surface area contributed by atoms with Gasteiger partial charge in [-0.2, -0.15) is 0 Å². The van der Waals surface area contributed by atoms with Crippen molar-refractivity contribution in [2.24, 2.45) is 7.05 Å². The van der Waals surface area contributed by atoms with Crippen LogP contribution in [-0.2, 0) is 17.3 Å². The summed E-state index contributed by atoms with van der Waals surface area (Å²) in [4.78, 5) is 29.2. The molecule has 0 radical (unpaired) electrons. The first kappa shape index (κ1) is 19.2. The highest BCUT2D eigenvalue weighted by molar-refractivity contribution is 7.99. The Morgan fingerprint density at radius 1 is 1.11 bits per heavy atom. The molecule has 0 atom stereocenters. The summed E-state index contributed by atoms with van der Waals surface area (Å²) in [5, 5.41) is 3.99. The summed E-state index contributed by atoms with van der Waals surface area (Å²) >= 11 is 1.25. The lowest BCUT2D eigenvalue weighted by molar-refractivity contribution is -0.113. The van der Waals surface area contributed by atoms with Gasteiger partial charge in [0.25, 0.3) is 5.56 Å². The van der Waals surface area contributed by atoms with Gasteiger partial charge in [-0.3, -0.25) is 14.2 Å². The first-order chi connectivity index (χ1) is 12.8. The third-order valence-electron chi connectivity index (χ3n) is 4.31. The topological polar surface area (TPSA) is 64.0 Å². The van der Waals surface area contributed by atoms with Crippen molar-refractivity contribution in [2.75, 3.05) is 11.1 Å². The van der Waals surface area contributed by atoms with Crippen molar-refractivity contribution in [1.82, 2.24) is 9.55 Å². The van der Waals surface area contributed by atoms with Crippen molar-refractivity contribution in [3.05, 3.63) is 64.4 Å². The largest absolute Gasteiger partial charge is 0.325 e. The van der Waals surface area contributed by atoms with E-state index in [1.165, 1.54) is 21.9 Å². The third kappa shape index (κ3) is 4.39. The molecule has 5 nitrogen and oxygen atoms in total. The van der Waals surface area contributed by atoms with Crippen LogP contribution < -0.4 is 10.9 Å². The molecule has 2 aromatic carbocycles. The molecular weight excluding hydrogens is 358 g/mol. The average Bonchev–Trinajstić information content (AvgIpc) is 2.63. The van der Waals surface area contributed by atoms with Crippen molar-refractivity contribution in [3.63, 3.8) is 0 Å². The van der Waals surface area contributed by atoms with Crippen molar-refractivity contribution in [2.45, 2.75) is 31.3 Å². The first-order valence-corrected chi connectivity index (χ1v) is 9.73. The number of fused-ring (bicyclic) bond motifs is 1. The molecule has 0 fully saturated rings. The highest BCUT2D eigenvalue weighted by atomic mass is 32.2. The highest BCUT2D eigenvalue weighted by Gasteiger charge is 2.14. The molecule has 0 bridgehead atoms. The molecular formula is C21H23N3O2S. The molecule has 0 aliphatic rings. The van der Waals surface area contributed by atoms with Crippen molar-refractivity contribution in [1.29, 1.82) is 0 Å². The van der Waals surface area contributed by atoms with Gasteiger partial charge in [0.05, 0.1) is 16.7 Å². The van der Waals surface area contributed by atoms with E-state index in [-0.39, 0.29) is 22.6 Å². The van der Waals surface area contributed by atoms with E-state index in [0.717, 1.165) is 5.69 Å². The summed E-state index contributed by atoms with van der Waals surface area (Å²) < 4.78 is 1.48. The van der Waals surface area contributed by atoms with Crippen LogP contribution in [0.5, 0.6) is 0 Å². The Morgan fingerprint density at radius 2 is 1.78 bits per heavy atom. The normalized spacial score (nSPS) is 11.6. The second kappa shape index (κ2) is 7.56. The van der Waals surface area contributed by atoms with Crippen LogP contribution in [0.3, 0.4) is 0 Å². The lowest BCUT2D eigenvalue weighted by Crippen LogP contribution is -2.21. The van der Waals surface area contributed by atoms with Gasteiger partial charge in [0.2, 0.25) is 5.91 Å². The first-order valence-electron chi connectivity index (χ1n) is 8.74. The molecule has 0 spiro atoms.